The number of halogens is 1. The lowest BCUT2D eigenvalue weighted by atomic mass is 10.0. The third-order valence-corrected chi connectivity index (χ3v) is 7.25. The van der Waals surface area contributed by atoms with Gasteiger partial charge in [0.1, 0.15) is 23.9 Å². The van der Waals surface area contributed by atoms with Gasteiger partial charge >= 0.3 is 5.97 Å². The monoisotopic (exact) mass is 562 g/mol. The molecule has 0 aliphatic rings. The van der Waals surface area contributed by atoms with Crippen LogP contribution in [0.15, 0.2) is 66.7 Å². The second kappa shape index (κ2) is 18.2. The number of unbranched alkanes of at least 4 members (excludes halogenated alkanes) is 8. The Bertz CT molecular complexity index is 1160. The average molecular weight is 563 g/mol. The zero-order chi connectivity index (χ0) is 29.3. The van der Waals surface area contributed by atoms with E-state index in [9.17, 15) is 9.18 Å². The summed E-state index contributed by atoms with van der Waals surface area (Å²) in [4.78, 5) is 12.4. The molecule has 3 aromatic rings. The highest BCUT2D eigenvalue weighted by molar-refractivity contribution is 5.90. The van der Waals surface area contributed by atoms with Crippen molar-refractivity contribution in [1.29, 1.82) is 0 Å². The van der Waals surface area contributed by atoms with Crippen LogP contribution in [-0.4, -0.2) is 18.7 Å². The first kappa shape index (κ1) is 32.2. The molecule has 0 bridgehead atoms. The summed E-state index contributed by atoms with van der Waals surface area (Å²) in [6.07, 6.45) is 12.5. The minimum Gasteiger partial charge on any atom is -0.494 e. The van der Waals surface area contributed by atoms with E-state index in [4.69, 9.17) is 14.2 Å². The van der Waals surface area contributed by atoms with Gasteiger partial charge in [0.05, 0.1) is 18.3 Å². The van der Waals surface area contributed by atoms with Crippen LogP contribution in [0.25, 0.3) is 11.1 Å². The fourth-order valence-electron chi connectivity index (χ4n) is 4.69. The van der Waals surface area contributed by atoms with Crippen molar-refractivity contribution in [1.82, 2.24) is 0 Å². The number of esters is 1. The third-order valence-electron chi connectivity index (χ3n) is 7.25. The van der Waals surface area contributed by atoms with Crippen molar-refractivity contribution in [2.45, 2.75) is 104 Å². The van der Waals surface area contributed by atoms with Gasteiger partial charge in [-0.1, -0.05) is 102 Å². The Hall–Kier alpha value is -3.34. The summed E-state index contributed by atoms with van der Waals surface area (Å²) in [5, 5.41) is 0. The molecule has 0 heterocycles. The molecule has 0 aromatic heterocycles. The summed E-state index contributed by atoms with van der Waals surface area (Å²) in [5.74, 6) is -0.00601. The molecule has 0 aliphatic heterocycles. The lowest BCUT2D eigenvalue weighted by molar-refractivity contribution is 0.0314. The molecule has 0 fully saturated rings. The molecule has 0 aliphatic carbocycles. The lowest BCUT2D eigenvalue weighted by Gasteiger charge is -2.14. The molecular formula is C36H47FO4. The maximum Gasteiger partial charge on any atom is 0.341 e. The van der Waals surface area contributed by atoms with Crippen molar-refractivity contribution in [3.05, 3.63) is 83.7 Å². The van der Waals surface area contributed by atoms with Crippen molar-refractivity contribution < 1.29 is 23.4 Å². The molecule has 222 valence electrons. The number of ether oxygens (including phenoxy) is 3. The van der Waals surface area contributed by atoms with E-state index >= 15 is 0 Å². The number of hydrogen-bond donors (Lipinski definition) is 0. The van der Waals surface area contributed by atoms with E-state index in [0.29, 0.717) is 12.4 Å². The first-order valence-electron chi connectivity index (χ1n) is 15.5. The number of benzene rings is 3. The Morgan fingerprint density at radius 3 is 1.95 bits per heavy atom. The van der Waals surface area contributed by atoms with Crippen LogP contribution in [0.3, 0.4) is 0 Å². The van der Waals surface area contributed by atoms with Crippen LogP contribution in [0.4, 0.5) is 4.39 Å². The number of carbonyl (C=O) groups excluding carboxylic acids is 1. The first-order valence-corrected chi connectivity index (χ1v) is 15.5. The number of hydrogen-bond acceptors (Lipinski definition) is 4. The Balaban J connectivity index is 1.43. The normalized spacial score (nSPS) is 11.7. The summed E-state index contributed by atoms with van der Waals surface area (Å²) in [5.41, 5.74) is 3.11. The molecule has 0 amide bonds. The summed E-state index contributed by atoms with van der Waals surface area (Å²) >= 11 is 0. The zero-order valence-electron chi connectivity index (χ0n) is 25.1. The minimum absolute atomic E-state index is 0.0686. The number of rotatable bonds is 19. The smallest absolute Gasteiger partial charge is 0.341 e. The van der Waals surface area contributed by atoms with Gasteiger partial charge in [-0.3, -0.25) is 0 Å². The fourth-order valence-corrected chi connectivity index (χ4v) is 4.69. The van der Waals surface area contributed by atoms with Crippen LogP contribution >= 0.6 is 0 Å². The molecule has 41 heavy (non-hydrogen) atoms. The van der Waals surface area contributed by atoms with E-state index in [0.717, 1.165) is 61.2 Å². The van der Waals surface area contributed by atoms with Gasteiger partial charge < -0.3 is 14.2 Å². The van der Waals surface area contributed by atoms with Gasteiger partial charge in [0.25, 0.3) is 0 Å². The molecule has 3 rings (SSSR count). The van der Waals surface area contributed by atoms with E-state index in [1.807, 2.05) is 43.3 Å². The quantitative estimate of drug-likeness (QED) is 0.108. The summed E-state index contributed by atoms with van der Waals surface area (Å²) in [7, 11) is 0. The molecule has 1 atom stereocenters. The Kier molecular flexibility index (Phi) is 14.3. The molecule has 1 unspecified atom stereocenters. The predicted molar refractivity (Wildman–Crippen MR) is 165 cm³/mol. The van der Waals surface area contributed by atoms with Crippen molar-refractivity contribution >= 4 is 5.97 Å². The molecule has 0 N–H and O–H groups in total. The molecule has 5 heteroatoms. The van der Waals surface area contributed by atoms with E-state index < -0.39 is 11.8 Å². The summed E-state index contributed by atoms with van der Waals surface area (Å²) in [6.45, 7) is 7.30. The van der Waals surface area contributed by atoms with Crippen LogP contribution < -0.4 is 9.47 Å². The van der Waals surface area contributed by atoms with Crippen LogP contribution in [-0.2, 0) is 11.3 Å². The van der Waals surface area contributed by atoms with Gasteiger partial charge in [0.2, 0.25) is 0 Å². The summed E-state index contributed by atoms with van der Waals surface area (Å²) < 4.78 is 31.8. The molecule has 0 spiro atoms. The Morgan fingerprint density at radius 1 is 0.707 bits per heavy atom. The summed E-state index contributed by atoms with van der Waals surface area (Å²) in [6, 6.07) is 20.6. The number of carbonyl (C=O) groups is 1. The van der Waals surface area contributed by atoms with E-state index in [-0.39, 0.29) is 11.7 Å². The van der Waals surface area contributed by atoms with Crippen LogP contribution in [0.2, 0.25) is 0 Å². The van der Waals surface area contributed by atoms with E-state index in [1.54, 1.807) is 6.07 Å². The Morgan fingerprint density at radius 2 is 1.29 bits per heavy atom. The minimum atomic E-state index is -0.638. The maximum absolute atomic E-state index is 14.7. The highest BCUT2D eigenvalue weighted by Gasteiger charge is 2.17. The van der Waals surface area contributed by atoms with Crippen LogP contribution in [0.5, 0.6) is 11.5 Å². The molecular weight excluding hydrogens is 515 g/mol. The van der Waals surface area contributed by atoms with Crippen LogP contribution in [0, 0.1) is 5.82 Å². The first-order chi connectivity index (χ1) is 20.0. The van der Waals surface area contributed by atoms with Crippen molar-refractivity contribution in [2.24, 2.45) is 0 Å². The highest BCUT2D eigenvalue weighted by atomic mass is 19.1. The van der Waals surface area contributed by atoms with Crippen molar-refractivity contribution in [3.63, 3.8) is 0 Å². The molecule has 0 saturated heterocycles. The van der Waals surface area contributed by atoms with E-state index in [1.165, 1.54) is 50.7 Å². The maximum atomic E-state index is 14.7. The van der Waals surface area contributed by atoms with Gasteiger partial charge in [0, 0.05) is 6.07 Å². The van der Waals surface area contributed by atoms with Crippen molar-refractivity contribution in [3.8, 4) is 22.6 Å². The third kappa shape index (κ3) is 11.6. The average Bonchev–Trinajstić information content (AvgIpc) is 2.98. The zero-order valence-corrected chi connectivity index (χ0v) is 25.1. The molecule has 3 aromatic carbocycles. The SMILES string of the molecule is CCCCCCCCOc1ccc(-c2ccc(COc3ccc(C(=O)OC(C)CCCCCC)c(F)c3)cc2)cc1. The van der Waals surface area contributed by atoms with Crippen LogP contribution in [0.1, 0.15) is 107 Å². The fraction of sp³-hybridized carbons (Fsp3) is 0.472. The van der Waals surface area contributed by atoms with Gasteiger partial charge in [-0.2, -0.15) is 0 Å². The standard InChI is InChI=1S/C36H47FO4/c1-4-6-8-10-11-13-25-39-32-21-19-31(20-22-32)30-17-15-29(16-18-30)27-40-33-23-24-34(35(37)26-33)36(38)41-28(3)14-12-9-7-5-2/h15-24,26,28H,4-14,25,27H2,1-3H3. The van der Waals surface area contributed by atoms with Gasteiger partial charge in [0.15, 0.2) is 0 Å². The lowest BCUT2D eigenvalue weighted by Crippen LogP contribution is -2.16. The van der Waals surface area contributed by atoms with E-state index in [2.05, 4.69) is 26.0 Å². The predicted octanol–water partition coefficient (Wildman–Crippen LogP) is 10.3. The van der Waals surface area contributed by atoms with Gasteiger partial charge in [-0.25, -0.2) is 9.18 Å². The van der Waals surface area contributed by atoms with Gasteiger partial charge in [-0.05, 0) is 67.1 Å². The molecule has 0 radical (unpaired) electrons. The largest absolute Gasteiger partial charge is 0.494 e. The second-order valence-corrected chi connectivity index (χ2v) is 10.8. The second-order valence-electron chi connectivity index (χ2n) is 10.8. The Labute approximate surface area is 246 Å². The highest BCUT2D eigenvalue weighted by Crippen LogP contribution is 2.24. The topological polar surface area (TPSA) is 44.8 Å². The van der Waals surface area contributed by atoms with Crippen molar-refractivity contribution in [2.75, 3.05) is 6.61 Å². The van der Waals surface area contributed by atoms with Gasteiger partial charge in [-0.15, -0.1) is 0 Å². The molecule has 0 saturated carbocycles. The molecule has 4 nitrogen and oxygen atoms in total.